The molecule has 1 amide bonds. The number of carboxylic acid groups (broad SMARTS) is 1. The number of rotatable bonds is 12. The molecule has 2 N–H and O–H groups in total. The summed E-state index contributed by atoms with van der Waals surface area (Å²) in [4.78, 5) is 12.4. The fourth-order valence-electron chi connectivity index (χ4n) is 3.04. The van der Waals surface area contributed by atoms with Crippen LogP contribution in [0.4, 0.5) is 4.79 Å². The molecule has 5 heteroatoms. The first-order valence-electron chi connectivity index (χ1n) is 9.04. The predicted octanol–water partition coefficient (Wildman–Crippen LogP) is 3.65. The summed E-state index contributed by atoms with van der Waals surface area (Å²) in [7, 11) is 1.67. The highest BCUT2D eigenvalue weighted by atomic mass is 16.5. The van der Waals surface area contributed by atoms with Crippen LogP contribution >= 0.6 is 0 Å². The molecule has 134 valence electrons. The van der Waals surface area contributed by atoms with Crippen molar-refractivity contribution in [1.82, 2.24) is 10.2 Å². The van der Waals surface area contributed by atoms with E-state index in [0.717, 1.165) is 58.2 Å². The van der Waals surface area contributed by atoms with E-state index in [0.29, 0.717) is 6.10 Å². The second-order valence-corrected chi connectivity index (χ2v) is 6.44. The number of hydrogen-bond acceptors (Lipinski definition) is 3. The van der Waals surface area contributed by atoms with Gasteiger partial charge in [-0.2, -0.15) is 0 Å². The summed E-state index contributed by atoms with van der Waals surface area (Å²) in [5, 5.41) is 12.4. The van der Waals surface area contributed by atoms with Crippen LogP contribution in [0, 0.1) is 0 Å². The van der Waals surface area contributed by atoms with Crippen molar-refractivity contribution in [2.24, 2.45) is 0 Å². The Morgan fingerprint density at radius 1 is 1.22 bits per heavy atom. The maximum absolute atomic E-state index is 10.9. The Bertz CT molecular complexity index is 328. The Hall–Kier alpha value is -1.07. The summed E-state index contributed by atoms with van der Waals surface area (Å²) in [6.45, 7) is 6.67. The Morgan fingerprint density at radius 3 is 2.57 bits per heavy atom. The third-order valence-corrected chi connectivity index (χ3v) is 4.62. The molecule has 5 nitrogen and oxygen atoms in total. The van der Waals surface area contributed by atoms with Crippen molar-refractivity contribution in [2.45, 2.75) is 69.9 Å². The molecular weight excluding hydrogens is 292 g/mol. The lowest BCUT2D eigenvalue weighted by Gasteiger charge is -2.33. The van der Waals surface area contributed by atoms with Crippen molar-refractivity contribution in [3.8, 4) is 0 Å². The third kappa shape index (κ3) is 8.96. The van der Waals surface area contributed by atoms with Crippen LogP contribution in [0.15, 0.2) is 12.7 Å². The molecule has 0 aromatic rings. The molecule has 0 saturated heterocycles. The van der Waals surface area contributed by atoms with Crippen molar-refractivity contribution in [3.05, 3.63) is 12.7 Å². The third-order valence-electron chi connectivity index (χ3n) is 4.62. The van der Waals surface area contributed by atoms with E-state index in [1.165, 1.54) is 24.2 Å². The number of hydrogen-bond donors (Lipinski definition) is 2. The fourth-order valence-corrected chi connectivity index (χ4v) is 3.04. The van der Waals surface area contributed by atoms with Crippen LogP contribution in [0.25, 0.3) is 0 Å². The normalized spacial score (nSPS) is 21.1. The van der Waals surface area contributed by atoms with Crippen LogP contribution in [0.2, 0.25) is 0 Å². The van der Waals surface area contributed by atoms with Crippen LogP contribution in [0.3, 0.4) is 0 Å². The van der Waals surface area contributed by atoms with E-state index >= 15 is 0 Å². The molecule has 0 bridgehead atoms. The minimum atomic E-state index is -0.826. The highest BCUT2D eigenvalue weighted by Gasteiger charge is 2.26. The number of ether oxygens (including phenoxy) is 1. The summed E-state index contributed by atoms with van der Waals surface area (Å²) >= 11 is 0. The van der Waals surface area contributed by atoms with Gasteiger partial charge >= 0.3 is 6.09 Å². The van der Waals surface area contributed by atoms with Crippen LogP contribution in [0.1, 0.15) is 57.8 Å². The van der Waals surface area contributed by atoms with E-state index < -0.39 is 6.09 Å². The number of nitrogens with one attached hydrogen (secondary N) is 1. The Balaban J connectivity index is 1.91. The summed E-state index contributed by atoms with van der Waals surface area (Å²) in [6, 6.07) is 0.168. The van der Waals surface area contributed by atoms with Crippen molar-refractivity contribution in [1.29, 1.82) is 0 Å². The predicted molar refractivity (Wildman–Crippen MR) is 93.9 cm³/mol. The molecule has 0 heterocycles. The molecule has 0 spiro atoms. The molecule has 1 aliphatic rings. The molecule has 0 atom stereocenters. The lowest BCUT2D eigenvalue weighted by Crippen LogP contribution is -2.39. The lowest BCUT2D eigenvalue weighted by molar-refractivity contribution is 0.00998. The van der Waals surface area contributed by atoms with Gasteiger partial charge in [-0.25, -0.2) is 4.79 Å². The summed E-state index contributed by atoms with van der Waals surface area (Å²) in [5.41, 5.74) is 0. The van der Waals surface area contributed by atoms with Gasteiger partial charge in [0.15, 0.2) is 0 Å². The van der Waals surface area contributed by atoms with Gasteiger partial charge < -0.3 is 20.1 Å². The van der Waals surface area contributed by atoms with E-state index in [1.54, 1.807) is 7.05 Å². The van der Waals surface area contributed by atoms with Gasteiger partial charge in [0.25, 0.3) is 0 Å². The van der Waals surface area contributed by atoms with Crippen LogP contribution in [-0.4, -0.2) is 55.0 Å². The van der Waals surface area contributed by atoms with Crippen LogP contribution in [0.5, 0.6) is 0 Å². The van der Waals surface area contributed by atoms with E-state index in [4.69, 9.17) is 9.84 Å². The molecule has 0 unspecified atom stereocenters. The minimum Gasteiger partial charge on any atom is -0.465 e. The second kappa shape index (κ2) is 12.4. The highest BCUT2D eigenvalue weighted by molar-refractivity contribution is 5.64. The van der Waals surface area contributed by atoms with Gasteiger partial charge in [0.05, 0.1) is 6.10 Å². The first kappa shape index (κ1) is 20.0. The monoisotopic (exact) mass is 326 g/mol. The number of amides is 1. The van der Waals surface area contributed by atoms with Crippen molar-refractivity contribution in [2.75, 3.05) is 26.7 Å². The van der Waals surface area contributed by atoms with Gasteiger partial charge in [-0.05, 0) is 58.0 Å². The number of unbranched alkanes of at least 4 members (excludes halogenated alkanes) is 3. The summed E-state index contributed by atoms with van der Waals surface area (Å²) < 4.78 is 5.94. The SMILES string of the molecule is C=CCCNCCCCCCOC1CCC(N(C)C(=O)O)CC1. The topological polar surface area (TPSA) is 61.8 Å². The molecule has 23 heavy (non-hydrogen) atoms. The van der Waals surface area contributed by atoms with E-state index in [2.05, 4.69) is 11.9 Å². The van der Waals surface area contributed by atoms with Gasteiger partial charge in [-0.3, -0.25) is 0 Å². The molecular formula is C18H34N2O3. The zero-order valence-corrected chi connectivity index (χ0v) is 14.6. The molecule has 0 aromatic heterocycles. The van der Waals surface area contributed by atoms with Gasteiger partial charge in [0, 0.05) is 19.7 Å². The maximum atomic E-state index is 10.9. The van der Waals surface area contributed by atoms with E-state index in [9.17, 15) is 4.79 Å². The zero-order chi connectivity index (χ0) is 16.9. The van der Waals surface area contributed by atoms with Gasteiger partial charge in [0.2, 0.25) is 0 Å². The van der Waals surface area contributed by atoms with Crippen LogP contribution < -0.4 is 5.32 Å². The van der Waals surface area contributed by atoms with Gasteiger partial charge in [-0.15, -0.1) is 6.58 Å². The first-order chi connectivity index (χ1) is 11.1. The van der Waals surface area contributed by atoms with Gasteiger partial charge in [0.1, 0.15) is 0 Å². The quantitative estimate of drug-likeness (QED) is 0.424. The fraction of sp³-hybridized carbons (Fsp3) is 0.833. The second-order valence-electron chi connectivity index (χ2n) is 6.44. The molecule has 0 aromatic carbocycles. The molecule has 1 saturated carbocycles. The molecule has 1 aliphatic carbocycles. The number of nitrogens with zero attached hydrogens (tertiary/aromatic N) is 1. The average molecular weight is 326 g/mol. The standard InChI is InChI=1S/C18H34N2O3/c1-3-4-13-19-14-7-5-6-8-15-23-17-11-9-16(10-12-17)20(2)18(21)22/h3,16-17,19H,1,4-15H2,2H3,(H,21,22). The van der Waals surface area contributed by atoms with E-state index in [-0.39, 0.29) is 6.04 Å². The van der Waals surface area contributed by atoms with Gasteiger partial charge in [-0.1, -0.05) is 18.9 Å². The zero-order valence-electron chi connectivity index (χ0n) is 14.6. The van der Waals surface area contributed by atoms with E-state index in [1.807, 2.05) is 6.08 Å². The minimum absolute atomic E-state index is 0.168. The smallest absolute Gasteiger partial charge is 0.407 e. The van der Waals surface area contributed by atoms with Crippen molar-refractivity contribution >= 4 is 6.09 Å². The van der Waals surface area contributed by atoms with Crippen LogP contribution in [-0.2, 0) is 4.74 Å². The molecule has 0 aliphatic heterocycles. The average Bonchev–Trinajstić information content (AvgIpc) is 2.56. The highest BCUT2D eigenvalue weighted by Crippen LogP contribution is 2.24. The lowest BCUT2D eigenvalue weighted by atomic mass is 9.92. The summed E-state index contributed by atoms with van der Waals surface area (Å²) in [5.74, 6) is 0. The largest absolute Gasteiger partial charge is 0.465 e. The molecule has 0 radical (unpaired) electrons. The number of carbonyl (C=O) groups is 1. The Labute approximate surface area is 141 Å². The van der Waals surface area contributed by atoms with Crippen molar-refractivity contribution in [3.63, 3.8) is 0 Å². The molecule has 1 fully saturated rings. The maximum Gasteiger partial charge on any atom is 0.407 e. The Kier molecular flexibility index (Phi) is 10.7. The Morgan fingerprint density at radius 2 is 1.91 bits per heavy atom. The van der Waals surface area contributed by atoms with Crippen molar-refractivity contribution < 1.29 is 14.6 Å². The molecule has 1 rings (SSSR count). The summed E-state index contributed by atoms with van der Waals surface area (Å²) in [6.07, 6.45) is 11.1. The first-order valence-corrected chi connectivity index (χ1v) is 9.04.